The third kappa shape index (κ3) is 5.67. The van der Waals surface area contributed by atoms with Crippen LogP contribution in [-0.2, 0) is 4.52 Å². The van der Waals surface area contributed by atoms with E-state index >= 15 is 0 Å². The van der Waals surface area contributed by atoms with Crippen LogP contribution in [0, 0.1) is 19.8 Å². The molecular formula is C18H23O3P. The summed E-state index contributed by atoms with van der Waals surface area (Å²) < 4.78 is 17.6. The first-order valence-electron chi connectivity index (χ1n) is 7.45. The largest absolute Gasteiger partial charge is 0.463 e. The van der Waals surface area contributed by atoms with Gasteiger partial charge >= 0.3 is 8.60 Å². The Bertz CT molecular complexity index is 551. The summed E-state index contributed by atoms with van der Waals surface area (Å²) in [6, 6.07) is 15.8. The zero-order valence-corrected chi connectivity index (χ0v) is 14.5. The van der Waals surface area contributed by atoms with Crippen molar-refractivity contribution in [1.82, 2.24) is 0 Å². The summed E-state index contributed by atoms with van der Waals surface area (Å²) in [6.45, 7) is 8.88. The minimum Gasteiger partial charge on any atom is -0.418 e. The van der Waals surface area contributed by atoms with E-state index in [-0.39, 0.29) is 0 Å². The van der Waals surface area contributed by atoms with Crippen LogP contribution >= 0.6 is 8.60 Å². The van der Waals surface area contributed by atoms with Crippen LogP contribution in [0.2, 0.25) is 0 Å². The molecule has 2 aromatic carbocycles. The van der Waals surface area contributed by atoms with Gasteiger partial charge in [0.2, 0.25) is 0 Å². The van der Waals surface area contributed by atoms with Gasteiger partial charge in [0, 0.05) is 0 Å². The molecule has 118 valence electrons. The molecule has 0 aromatic heterocycles. The Morgan fingerprint density at radius 1 is 0.864 bits per heavy atom. The second kappa shape index (κ2) is 8.17. The van der Waals surface area contributed by atoms with E-state index in [4.69, 9.17) is 13.6 Å². The second-order valence-electron chi connectivity index (χ2n) is 5.73. The van der Waals surface area contributed by atoms with E-state index in [0.29, 0.717) is 12.5 Å². The molecule has 0 unspecified atom stereocenters. The zero-order chi connectivity index (χ0) is 15.9. The molecule has 0 saturated heterocycles. The smallest absolute Gasteiger partial charge is 0.418 e. The molecular weight excluding hydrogens is 295 g/mol. The Morgan fingerprint density at radius 3 is 1.77 bits per heavy atom. The van der Waals surface area contributed by atoms with Crippen LogP contribution in [0.1, 0.15) is 25.0 Å². The fourth-order valence-corrected chi connectivity index (χ4v) is 2.93. The van der Waals surface area contributed by atoms with Crippen LogP contribution in [0.15, 0.2) is 48.5 Å². The van der Waals surface area contributed by atoms with Crippen LogP contribution in [0.3, 0.4) is 0 Å². The average molecular weight is 318 g/mol. The van der Waals surface area contributed by atoms with E-state index in [1.165, 1.54) is 0 Å². The highest BCUT2D eigenvalue weighted by molar-refractivity contribution is 7.42. The predicted octanol–water partition coefficient (Wildman–Crippen LogP) is 5.66. The molecule has 4 heteroatoms. The van der Waals surface area contributed by atoms with Crippen LogP contribution in [0.5, 0.6) is 11.5 Å². The lowest BCUT2D eigenvalue weighted by Gasteiger charge is -2.19. The molecule has 0 heterocycles. The standard InChI is InChI=1S/C18H23O3P/c1-14(2)13-19-22(20-17-9-5-7-15(3)11-17)21-18-10-6-8-16(4)12-18/h5-12,14H,13H2,1-4H3. The Hall–Kier alpha value is -1.57. The third-order valence-corrected chi connectivity index (χ3v) is 3.93. The van der Waals surface area contributed by atoms with Gasteiger partial charge in [-0.25, -0.2) is 0 Å². The summed E-state index contributed by atoms with van der Waals surface area (Å²) in [5.74, 6) is 1.96. The number of hydrogen-bond donors (Lipinski definition) is 0. The molecule has 0 amide bonds. The third-order valence-electron chi connectivity index (χ3n) is 2.85. The summed E-state index contributed by atoms with van der Waals surface area (Å²) in [4.78, 5) is 0. The van der Waals surface area contributed by atoms with Crippen molar-refractivity contribution in [3.8, 4) is 11.5 Å². The molecule has 2 rings (SSSR count). The van der Waals surface area contributed by atoms with E-state index < -0.39 is 8.60 Å². The lowest BCUT2D eigenvalue weighted by Crippen LogP contribution is -2.05. The van der Waals surface area contributed by atoms with Crippen molar-refractivity contribution in [2.75, 3.05) is 6.61 Å². The lowest BCUT2D eigenvalue weighted by molar-refractivity contribution is 0.234. The highest BCUT2D eigenvalue weighted by atomic mass is 31.2. The fraction of sp³-hybridized carbons (Fsp3) is 0.333. The van der Waals surface area contributed by atoms with Gasteiger partial charge in [0.25, 0.3) is 0 Å². The van der Waals surface area contributed by atoms with Gasteiger partial charge in [-0.15, -0.1) is 0 Å². The highest BCUT2D eigenvalue weighted by Gasteiger charge is 2.18. The van der Waals surface area contributed by atoms with Crippen LogP contribution < -0.4 is 9.05 Å². The molecule has 0 aliphatic rings. The van der Waals surface area contributed by atoms with Gasteiger partial charge in [-0.3, -0.25) is 4.52 Å². The molecule has 22 heavy (non-hydrogen) atoms. The maximum absolute atomic E-state index is 5.91. The van der Waals surface area contributed by atoms with Gasteiger partial charge in [0.05, 0.1) is 6.61 Å². The average Bonchev–Trinajstić information content (AvgIpc) is 2.45. The Balaban J connectivity index is 2.08. The van der Waals surface area contributed by atoms with Crippen LogP contribution in [0.25, 0.3) is 0 Å². The Kier molecular flexibility index (Phi) is 6.23. The summed E-state index contributed by atoms with van der Waals surface area (Å²) in [5.41, 5.74) is 2.29. The normalized spacial score (nSPS) is 11.0. The van der Waals surface area contributed by atoms with Gasteiger partial charge in [-0.05, 0) is 55.2 Å². The Labute approximate surface area is 134 Å². The van der Waals surface area contributed by atoms with Crippen molar-refractivity contribution in [1.29, 1.82) is 0 Å². The Morgan fingerprint density at radius 2 is 1.36 bits per heavy atom. The summed E-state index contributed by atoms with van der Waals surface area (Å²) >= 11 is 0. The van der Waals surface area contributed by atoms with E-state index in [0.717, 1.165) is 22.6 Å². The number of hydrogen-bond acceptors (Lipinski definition) is 3. The molecule has 0 spiro atoms. The number of aryl methyl sites for hydroxylation is 2. The monoisotopic (exact) mass is 318 g/mol. The minimum absolute atomic E-state index is 0.423. The van der Waals surface area contributed by atoms with E-state index in [9.17, 15) is 0 Å². The summed E-state index contributed by atoms with van der Waals surface area (Å²) in [7, 11) is -1.47. The van der Waals surface area contributed by atoms with E-state index in [1.807, 2.05) is 62.4 Å². The van der Waals surface area contributed by atoms with Crippen molar-refractivity contribution >= 4 is 8.60 Å². The maximum Gasteiger partial charge on any atom is 0.463 e. The topological polar surface area (TPSA) is 27.7 Å². The molecule has 3 nitrogen and oxygen atoms in total. The summed E-state index contributed by atoms with van der Waals surface area (Å²) in [5, 5.41) is 0. The van der Waals surface area contributed by atoms with Crippen LogP contribution in [0.4, 0.5) is 0 Å². The van der Waals surface area contributed by atoms with Gasteiger partial charge in [-0.1, -0.05) is 38.1 Å². The van der Waals surface area contributed by atoms with Crippen molar-refractivity contribution in [3.63, 3.8) is 0 Å². The number of benzene rings is 2. The molecule has 0 N–H and O–H groups in total. The number of rotatable bonds is 7. The van der Waals surface area contributed by atoms with Crippen molar-refractivity contribution in [3.05, 3.63) is 59.7 Å². The molecule has 0 aliphatic heterocycles. The predicted molar refractivity (Wildman–Crippen MR) is 91.3 cm³/mol. The molecule has 2 aromatic rings. The highest BCUT2D eigenvalue weighted by Crippen LogP contribution is 2.42. The minimum atomic E-state index is -1.47. The molecule has 0 fully saturated rings. The fourth-order valence-electron chi connectivity index (χ4n) is 1.80. The summed E-state index contributed by atoms with van der Waals surface area (Å²) in [6.07, 6.45) is 0. The van der Waals surface area contributed by atoms with Gasteiger partial charge in [0.1, 0.15) is 11.5 Å². The molecule has 0 saturated carbocycles. The van der Waals surface area contributed by atoms with Crippen molar-refractivity contribution < 1.29 is 13.6 Å². The van der Waals surface area contributed by atoms with Gasteiger partial charge < -0.3 is 9.05 Å². The van der Waals surface area contributed by atoms with Gasteiger partial charge in [-0.2, -0.15) is 0 Å². The first-order valence-corrected chi connectivity index (χ1v) is 8.55. The lowest BCUT2D eigenvalue weighted by atomic mass is 10.2. The molecule has 0 bridgehead atoms. The van der Waals surface area contributed by atoms with E-state index in [1.54, 1.807) is 0 Å². The molecule has 0 atom stereocenters. The SMILES string of the molecule is Cc1cccc(OP(OCC(C)C)Oc2cccc(C)c2)c1. The van der Waals surface area contributed by atoms with Crippen molar-refractivity contribution in [2.24, 2.45) is 5.92 Å². The zero-order valence-electron chi connectivity index (χ0n) is 13.6. The second-order valence-corrected chi connectivity index (χ2v) is 6.80. The quantitative estimate of drug-likeness (QED) is 0.616. The van der Waals surface area contributed by atoms with Crippen molar-refractivity contribution in [2.45, 2.75) is 27.7 Å². The maximum atomic E-state index is 5.91. The van der Waals surface area contributed by atoms with Crippen LogP contribution in [-0.4, -0.2) is 6.61 Å². The van der Waals surface area contributed by atoms with E-state index in [2.05, 4.69) is 13.8 Å². The molecule has 0 radical (unpaired) electrons. The molecule has 0 aliphatic carbocycles. The first-order chi connectivity index (χ1) is 10.5. The first kappa shape index (κ1) is 16.8. The van der Waals surface area contributed by atoms with Gasteiger partial charge in [0.15, 0.2) is 0 Å².